The maximum Gasteiger partial charge on any atom is 0.150 e. The van der Waals surface area contributed by atoms with Crippen LogP contribution in [0.1, 0.15) is 17.3 Å². The van der Waals surface area contributed by atoms with Gasteiger partial charge in [0.25, 0.3) is 0 Å². The molecule has 0 aliphatic heterocycles. The molecule has 2 aromatic carbocycles. The number of benzene rings is 2. The predicted octanol–water partition coefficient (Wildman–Crippen LogP) is 3.71. The van der Waals surface area contributed by atoms with Crippen LogP contribution in [-0.4, -0.2) is 20.0 Å². The topological polar surface area (TPSA) is 35.5 Å². The lowest BCUT2D eigenvalue weighted by Crippen LogP contribution is -1.99. The lowest BCUT2D eigenvalue weighted by atomic mass is 10.0. The molecular weight excluding hydrogens is 259 g/mol. The van der Waals surface area contributed by atoms with Crippen molar-refractivity contribution in [1.29, 1.82) is 0 Å². The summed E-state index contributed by atoms with van der Waals surface area (Å²) >= 11 is 0. The van der Waals surface area contributed by atoms with E-state index in [0.29, 0.717) is 29.2 Å². The SMILES string of the molecule is CCOc1cc(C=O)cc(OC)c1-c1ccc(F)cc1. The Morgan fingerprint density at radius 3 is 2.35 bits per heavy atom. The largest absolute Gasteiger partial charge is 0.496 e. The van der Waals surface area contributed by atoms with Gasteiger partial charge in [0.2, 0.25) is 0 Å². The average molecular weight is 274 g/mol. The van der Waals surface area contributed by atoms with Crippen molar-refractivity contribution in [2.45, 2.75) is 6.92 Å². The van der Waals surface area contributed by atoms with E-state index in [1.807, 2.05) is 6.92 Å². The van der Waals surface area contributed by atoms with Crippen molar-refractivity contribution in [2.24, 2.45) is 0 Å². The molecule has 0 N–H and O–H groups in total. The minimum Gasteiger partial charge on any atom is -0.496 e. The standard InChI is InChI=1S/C16H15FO3/c1-3-20-15-9-11(10-18)8-14(19-2)16(15)12-4-6-13(17)7-5-12/h4-10H,3H2,1-2H3. The predicted molar refractivity (Wildman–Crippen MR) is 74.9 cm³/mol. The highest BCUT2D eigenvalue weighted by Crippen LogP contribution is 2.39. The molecule has 0 saturated heterocycles. The minimum atomic E-state index is -0.310. The Morgan fingerprint density at radius 1 is 1.15 bits per heavy atom. The molecule has 4 heteroatoms. The summed E-state index contributed by atoms with van der Waals surface area (Å²) < 4.78 is 23.9. The summed E-state index contributed by atoms with van der Waals surface area (Å²) in [6, 6.07) is 9.33. The Bertz CT molecular complexity index is 606. The molecular formula is C16H15FO3. The quantitative estimate of drug-likeness (QED) is 0.780. The maximum absolute atomic E-state index is 13.0. The first kappa shape index (κ1) is 14.1. The molecule has 0 spiro atoms. The van der Waals surface area contributed by atoms with E-state index in [4.69, 9.17) is 9.47 Å². The van der Waals surface area contributed by atoms with Crippen LogP contribution >= 0.6 is 0 Å². The zero-order valence-electron chi connectivity index (χ0n) is 11.4. The highest BCUT2D eigenvalue weighted by molar-refractivity contribution is 5.84. The number of ether oxygens (including phenoxy) is 2. The molecule has 0 saturated carbocycles. The van der Waals surface area contributed by atoms with Crippen molar-refractivity contribution in [1.82, 2.24) is 0 Å². The molecule has 0 aliphatic carbocycles. The highest BCUT2D eigenvalue weighted by atomic mass is 19.1. The molecule has 0 amide bonds. The third kappa shape index (κ3) is 2.79. The molecule has 20 heavy (non-hydrogen) atoms. The van der Waals surface area contributed by atoms with Gasteiger partial charge >= 0.3 is 0 Å². The van der Waals surface area contributed by atoms with Crippen LogP contribution in [0.5, 0.6) is 11.5 Å². The molecule has 0 radical (unpaired) electrons. The Labute approximate surface area is 117 Å². The molecule has 2 aromatic rings. The molecule has 0 fully saturated rings. The Balaban J connectivity index is 2.64. The molecule has 0 bridgehead atoms. The molecule has 104 valence electrons. The van der Waals surface area contributed by atoms with E-state index in [1.54, 1.807) is 24.3 Å². The van der Waals surface area contributed by atoms with Crippen molar-refractivity contribution in [3.63, 3.8) is 0 Å². The molecule has 0 atom stereocenters. The summed E-state index contributed by atoms with van der Waals surface area (Å²) in [5.41, 5.74) is 1.94. The van der Waals surface area contributed by atoms with Crippen molar-refractivity contribution in [3.05, 3.63) is 47.8 Å². The fourth-order valence-electron chi connectivity index (χ4n) is 2.01. The smallest absolute Gasteiger partial charge is 0.150 e. The van der Waals surface area contributed by atoms with Crippen molar-refractivity contribution >= 4 is 6.29 Å². The molecule has 3 nitrogen and oxygen atoms in total. The maximum atomic E-state index is 13.0. The summed E-state index contributed by atoms with van der Waals surface area (Å²) in [6.45, 7) is 2.31. The number of aldehydes is 1. The minimum absolute atomic E-state index is 0.310. The summed E-state index contributed by atoms with van der Waals surface area (Å²) in [6.07, 6.45) is 0.736. The van der Waals surface area contributed by atoms with Gasteiger partial charge in [-0.05, 0) is 36.8 Å². The number of carbonyl (C=O) groups excluding carboxylic acids is 1. The summed E-state index contributed by atoms with van der Waals surface area (Å²) in [4.78, 5) is 11.0. The second kappa shape index (κ2) is 6.19. The van der Waals surface area contributed by atoms with Gasteiger partial charge in [-0.25, -0.2) is 4.39 Å². The van der Waals surface area contributed by atoms with Crippen molar-refractivity contribution in [3.8, 4) is 22.6 Å². The van der Waals surface area contributed by atoms with E-state index in [-0.39, 0.29) is 5.82 Å². The van der Waals surface area contributed by atoms with Crippen LogP contribution in [0.3, 0.4) is 0 Å². The monoisotopic (exact) mass is 274 g/mol. The number of hydrogen-bond acceptors (Lipinski definition) is 3. The fourth-order valence-corrected chi connectivity index (χ4v) is 2.01. The lowest BCUT2D eigenvalue weighted by Gasteiger charge is -2.15. The van der Waals surface area contributed by atoms with Gasteiger partial charge in [-0.1, -0.05) is 12.1 Å². The highest BCUT2D eigenvalue weighted by Gasteiger charge is 2.15. The van der Waals surface area contributed by atoms with Gasteiger partial charge in [0.05, 0.1) is 19.3 Å². The molecule has 2 rings (SSSR count). The molecule has 0 heterocycles. The summed E-state index contributed by atoms with van der Waals surface area (Å²) in [5, 5.41) is 0. The molecule has 0 aliphatic rings. The summed E-state index contributed by atoms with van der Waals surface area (Å²) in [5.74, 6) is 0.750. The molecule has 0 unspecified atom stereocenters. The van der Waals surface area contributed by atoms with Crippen molar-refractivity contribution < 1.29 is 18.7 Å². The van der Waals surface area contributed by atoms with Gasteiger partial charge in [-0.15, -0.1) is 0 Å². The number of methoxy groups -OCH3 is 1. The van der Waals surface area contributed by atoms with Crippen LogP contribution < -0.4 is 9.47 Å². The van der Waals surface area contributed by atoms with Crippen LogP contribution in [0.4, 0.5) is 4.39 Å². The Kier molecular flexibility index (Phi) is 4.35. The lowest BCUT2D eigenvalue weighted by molar-refractivity contribution is 0.112. The summed E-state index contributed by atoms with van der Waals surface area (Å²) in [7, 11) is 1.52. The number of hydrogen-bond donors (Lipinski definition) is 0. The first-order valence-electron chi connectivity index (χ1n) is 6.25. The van der Waals surface area contributed by atoms with E-state index >= 15 is 0 Å². The van der Waals surface area contributed by atoms with Crippen LogP contribution in [0, 0.1) is 5.82 Å². The van der Waals surface area contributed by atoms with Gasteiger partial charge in [0.1, 0.15) is 23.6 Å². The third-order valence-corrected chi connectivity index (χ3v) is 2.88. The van der Waals surface area contributed by atoms with Gasteiger partial charge in [-0.3, -0.25) is 4.79 Å². The molecule has 0 aromatic heterocycles. The van der Waals surface area contributed by atoms with E-state index in [2.05, 4.69) is 0 Å². The van der Waals surface area contributed by atoms with Gasteiger partial charge < -0.3 is 9.47 Å². The van der Waals surface area contributed by atoms with Gasteiger partial charge in [0.15, 0.2) is 0 Å². The van der Waals surface area contributed by atoms with Crippen LogP contribution in [0.15, 0.2) is 36.4 Å². The van der Waals surface area contributed by atoms with Gasteiger partial charge in [0, 0.05) is 5.56 Å². The fraction of sp³-hybridized carbons (Fsp3) is 0.188. The van der Waals surface area contributed by atoms with Crippen LogP contribution in [0.25, 0.3) is 11.1 Å². The van der Waals surface area contributed by atoms with Crippen LogP contribution in [0.2, 0.25) is 0 Å². The Hall–Kier alpha value is -2.36. The second-order valence-electron chi connectivity index (χ2n) is 4.15. The Morgan fingerprint density at radius 2 is 1.80 bits per heavy atom. The van der Waals surface area contributed by atoms with Crippen molar-refractivity contribution in [2.75, 3.05) is 13.7 Å². The van der Waals surface area contributed by atoms with E-state index in [1.165, 1.54) is 19.2 Å². The zero-order chi connectivity index (χ0) is 14.5. The normalized spacial score (nSPS) is 10.2. The van der Waals surface area contributed by atoms with E-state index in [9.17, 15) is 9.18 Å². The first-order valence-corrected chi connectivity index (χ1v) is 6.25. The third-order valence-electron chi connectivity index (χ3n) is 2.88. The first-order chi connectivity index (χ1) is 9.69. The van der Waals surface area contributed by atoms with E-state index < -0.39 is 0 Å². The van der Waals surface area contributed by atoms with Gasteiger partial charge in [-0.2, -0.15) is 0 Å². The van der Waals surface area contributed by atoms with Crippen LogP contribution in [-0.2, 0) is 0 Å². The number of rotatable bonds is 5. The average Bonchev–Trinajstić information content (AvgIpc) is 2.48. The second-order valence-corrected chi connectivity index (χ2v) is 4.15. The number of carbonyl (C=O) groups is 1. The zero-order valence-corrected chi connectivity index (χ0v) is 11.4. The van der Waals surface area contributed by atoms with E-state index in [0.717, 1.165) is 11.8 Å². The number of halogens is 1.